The largest absolute Gasteiger partial charge is 0.364 e. The van der Waals surface area contributed by atoms with Crippen molar-refractivity contribution in [2.45, 2.75) is 33.4 Å². The summed E-state index contributed by atoms with van der Waals surface area (Å²) in [7, 11) is 1.69. The number of nitrogens with one attached hydrogen (secondary N) is 1. The maximum absolute atomic E-state index is 11.2. The first-order valence-corrected chi connectivity index (χ1v) is 6.62. The number of primary amides is 1. The van der Waals surface area contributed by atoms with Gasteiger partial charge in [0.1, 0.15) is 11.5 Å². The molecule has 0 atom stereocenters. The van der Waals surface area contributed by atoms with Crippen molar-refractivity contribution < 1.29 is 4.79 Å². The molecule has 2 rings (SSSR count). The van der Waals surface area contributed by atoms with Crippen LogP contribution in [0.5, 0.6) is 0 Å². The molecule has 0 aliphatic rings. The van der Waals surface area contributed by atoms with Gasteiger partial charge in [-0.2, -0.15) is 10.2 Å². The Balaban J connectivity index is 2.08. The first kappa shape index (κ1) is 14.1. The lowest BCUT2D eigenvalue weighted by Crippen LogP contribution is -2.15. The summed E-state index contributed by atoms with van der Waals surface area (Å²) >= 11 is 0. The van der Waals surface area contributed by atoms with Crippen LogP contribution in [0.1, 0.15) is 35.2 Å². The summed E-state index contributed by atoms with van der Waals surface area (Å²) in [6.45, 7) is 5.59. The Morgan fingerprint density at radius 3 is 2.75 bits per heavy atom. The first-order valence-electron chi connectivity index (χ1n) is 6.62. The van der Waals surface area contributed by atoms with Gasteiger partial charge in [-0.05, 0) is 19.4 Å². The molecule has 3 N–H and O–H groups in total. The molecule has 0 spiro atoms. The molecule has 0 fully saturated rings. The third kappa shape index (κ3) is 2.98. The van der Waals surface area contributed by atoms with E-state index >= 15 is 0 Å². The number of nitrogens with two attached hydrogens (primary N) is 1. The molecule has 108 valence electrons. The van der Waals surface area contributed by atoms with Gasteiger partial charge < -0.3 is 11.1 Å². The lowest BCUT2D eigenvalue weighted by atomic mass is 10.3. The quantitative estimate of drug-likeness (QED) is 0.825. The maximum atomic E-state index is 11.2. The molecule has 0 unspecified atom stereocenters. The highest BCUT2D eigenvalue weighted by Gasteiger charge is 2.10. The number of hydrogen-bond acceptors (Lipinski definition) is 4. The second kappa shape index (κ2) is 5.77. The predicted octanol–water partition coefficient (Wildman–Crippen LogP) is 1.05. The zero-order valence-electron chi connectivity index (χ0n) is 12.1. The lowest BCUT2D eigenvalue weighted by Gasteiger charge is -2.06. The SMILES string of the molecule is CCCn1nc(C)cc1CNc1cc(C(N)=O)n(C)n1. The van der Waals surface area contributed by atoms with Crippen molar-refractivity contribution in [2.75, 3.05) is 5.32 Å². The molecule has 2 aromatic heterocycles. The van der Waals surface area contributed by atoms with E-state index in [1.165, 1.54) is 4.68 Å². The number of aromatic nitrogens is 4. The number of nitrogens with zero attached hydrogens (tertiary/aromatic N) is 4. The zero-order chi connectivity index (χ0) is 14.7. The number of carbonyl (C=O) groups is 1. The molecular weight excluding hydrogens is 256 g/mol. The van der Waals surface area contributed by atoms with Gasteiger partial charge in [-0.15, -0.1) is 0 Å². The Labute approximate surface area is 117 Å². The van der Waals surface area contributed by atoms with E-state index in [2.05, 4.69) is 22.4 Å². The molecule has 0 aromatic carbocycles. The van der Waals surface area contributed by atoms with Gasteiger partial charge in [0.2, 0.25) is 0 Å². The van der Waals surface area contributed by atoms with E-state index in [1.54, 1.807) is 13.1 Å². The van der Waals surface area contributed by atoms with Crippen molar-refractivity contribution in [3.63, 3.8) is 0 Å². The van der Waals surface area contributed by atoms with Gasteiger partial charge in [-0.25, -0.2) is 0 Å². The Kier molecular flexibility index (Phi) is 4.07. The van der Waals surface area contributed by atoms with Crippen LogP contribution in [0.3, 0.4) is 0 Å². The standard InChI is InChI=1S/C13H20N6O/c1-4-5-19-10(6-9(2)16-19)8-15-12-7-11(13(14)20)18(3)17-12/h6-7H,4-5,8H2,1-3H3,(H2,14,20)(H,15,17). The van der Waals surface area contributed by atoms with E-state index in [9.17, 15) is 4.79 Å². The summed E-state index contributed by atoms with van der Waals surface area (Å²) in [5.41, 5.74) is 7.73. The fraction of sp³-hybridized carbons (Fsp3) is 0.462. The summed E-state index contributed by atoms with van der Waals surface area (Å²) < 4.78 is 3.46. The summed E-state index contributed by atoms with van der Waals surface area (Å²) in [6.07, 6.45) is 1.03. The highest BCUT2D eigenvalue weighted by atomic mass is 16.1. The van der Waals surface area contributed by atoms with Crippen molar-refractivity contribution in [2.24, 2.45) is 12.8 Å². The van der Waals surface area contributed by atoms with Crippen LogP contribution in [-0.2, 0) is 20.1 Å². The fourth-order valence-corrected chi connectivity index (χ4v) is 2.11. The van der Waals surface area contributed by atoms with Crippen LogP contribution in [0.15, 0.2) is 12.1 Å². The number of carbonyl (C=O) groups excluding carboxylic acids is 1. The Morgan fingerprint density at radius 2 is 2.15 bits per heavy atom. The molecule has 0 aliphatic carbocycles. The highest BCUT2D eigenvalue weighted by Crippen LogP contribution is 2.11. The average Bonchev–Trinajstić information content (AvgIpc) is 2.91. The third-order valence-electron chi connectivity index (χ3n) is 3.00. The van der Waals surface area contributed by atoms with Crippen LogP contribution < -0.4 is 11.1 Å². The molecule has 7 heteroatoms. The van der Waals surface area contributed by atoms with Crippen LogP contribution >= 0.6 is 0 Å². The lowest BCUT2D eigenvalue weighted by molar-refractivity contribution is 0.0991. The molecule has 1 amide bonds. The number of rotatable bonds is 6. The smallest absolute Gasteiger partial charge is 0.267 e. The van der Waals surface area contributed by atoms with Gasteiger partial charge in [0, 0.05) is 19.7 Å². The van der Waals surface area contributed by atoms with Crippen LogP contribution in [-0.4, -0.2) is 25.5 Å². The van der Waals surface area contributed by atoms with Crippen molar-refractivity contribution in [3.8, 4) is 0 Å². The maximum Gasteiger partial charge on any atom is 0.267 e. The number of amides is 1. The van der Waals surface area contributed by atoms with Crippen LogP contribution in [0.2, 0.25) is 0 Å². The average molecular weight is 276 g/mol. The van der Waals surface area contributed by atoms with Gasteiger partial charge in [0.25, 0.3) is 5.91 Å². The van der Waals surface area contributed by atoms with Crippen LogP contribution in [0.25, 0.3) is 0 Å². The van der Waals surface area contributed by atoms with E-state index in [0.29, 0.717) is 18.1 Å². The van der Waals surface area contributed by atoms with Gasteiger partial charge in [0.05, 0.1) is 17.9 Å². The molecule has 0 radical (unpaired) electrons. The minimum absolute atomic E-state index is 0.380. The van der Waals surface area contributed by atoms with E-state index in [-0.39, 0.29) is 0 Å². The normalized spacial score (nSPS) is 10.8. The predicted molar refractivity (Wildman–Crippen MR) is 76.3 cm³/mol. The minimum atomic E-state index is -0.486. The Morgan fingerprint density at radius 1 is 1.40 bits per heavy atom. The molecule has 0 saturated heterocycles. The molecular formula is C13H20N6O. The molecule has 2 heterocycles. The zero-order valence-corrected chi connectivity index (χ0v) is 12.1. The summed E-state index contributed by atoms with van der Waals surface area (Å²) in [5, 5.41) is 11.8. The Bertz CT molecular complexity index is 612. The molecule has 2 aromatic rings. The third-order valence-corrected chi connectivity index (χ3v) is 3.00. The molecule has 0 aliphatic heterocycles. The van der Waals surface area contributed by atoms with Crippen molar-refractivity contribution in [3.05, 3.63) is 29.2 Å². The summed E-state index contributed by atoms with van der Waals surface area (Å²) in [5.74, 6) is 0.142. The number of anilines is 1. The van der Waals surface area contributed by atoms with Crippen molar-refractivity contribution in [1.29, 1.82) is 0 Å². The topological polar surface area (TPSA) is 90.8 Å². The molecule has 0 saturated carbocycles. The van der Waals surface area contributed by atoms with Crippen LogP contribution in [0.4, 0.5) is 5.82 Å². The van der Waals surface area contributed by atoms with Gasteiger partial charge >= 0.3 is 0 Å². The second-order valence-corrected chi connectivity index (χ2v) is 4.76. The van der Waals surface area contributed by atoms with Crippen molar-refractivity contribution >= 4 is 11.7 Å². The van der Waals surface area contributed by atoms with Gasteiger partial charge in [-0.1, -0.05) is 6.92 Å². The molecule has 7 nitrogen and oxygen atoms in total. The van der Waals surface area contributed by atoms with E-state index < -0.39 is 5.91 Å². The van der Waals surface area contributed by atoms with Crippen LogP contribution in [0, 0.1) is 6.92 Å². The van der Waals surface area contributed by atoms with E-state index in [4.69, 9.17) is 5.73 Å². The monoisotopic (exact) mass is 276 g/mol. The number of aryl methyl sites for hydroxylation is 3. The summed E-state index contributed by atoms with van der Waals surface area (Å²) in [4.78, 5) is 11.2. The highest BCUT2D eigenvalue weighted by molar-refractivity contribution is 5.91. The minimum Gasteiger partial charge on any atom is -0.364 e. The Hall–Kier alpha value is -2.31. The van der Waals surface area contributed by atoms with E-state index in [1.807, 2.05) is 17.7 Å². The van der Waals surface area contributed by atoms with E-state index in [0.717, 1.165) is 24.4 Å². The fourth-order valence-electron chi connectivity index (χ4n) is 2.11. The van der Waals surface area contributed by atoms with Crippen molar-refractivity contribution in [1.82, 2.24) is 19.6 Å². The van der Waals surface area contributed by atoms with Gasteiger partial charge in [-0.3, -0.25) is 14.2 Å². The summed E-state index contributed by atoms with van der Waals surface area (Å²) in [6, 6.07) is 3.69. The second-order valence-electron chi connectivity index (χ2n) is 4.76. The number of hydrogen-bond donors (Lipinski definition) is 2. The first-order chi connectivity index (χ1) is 9.51. The molecule has 20 heavy (non-hydrogen) atoms. The van der Waals surface area contributed by atoms with Gasteiger partial charge in [0.15, 0.2) is 0 Å². The molecule has 0 bridgehead atoms.